The van der Waals surface area contributed by atoms with Gasteiger partial charge in [0.2, 0.25) is 5.60 Å². The number of benzene rings is 1. The second-order valence-corrected chi connectivity index (χ2v) is 6.57. The molecule has 1 atom stereocenters. The number of likely N-dealkylation sites (N-methyl/N-ethyl adjacent to an activating group) is 1. The highest BCUT2D eigenvalue weighted by atomic mass is 16.3. The van der Waals surface area contributed by atoms with Gasteiger partial charge in [-0.2, -0.15) is 5.26 Å². The number of aromatic nitrogens is 3. The molecule has 2 aromatic heterocycles. The van der Waals surface area contributed by atoms with E-state index in [0.717, 1.165) is 5.56 Å². The average molecular weight is 369 g/mol. The fourth-order valence-corrected chi connectivity index (χ4v) is 3.08. The Morgan fingerprint density at radius 2 is 2.11 bits per heavy atom. The van der Waals surface area contributed by atoms with Crippen molar-refractivity contribution in [1.29, 1.82) is 5.26 Å². The SMILES string of the molecule is CN1CC[C@@](O)(C#Cc2cccc(-c3ccc4ncnc(C#N)c4n3)c2)C1=O. The van der Waals surface area contributed by atoms with Crippen LogP contribution in [0.1, 0.15) is 17.7 Å². The Bertz CT molecular complexity index is 1200. The number of carbonyl (C=O) groups is 1. The summed E-state index contributed by atoms with van der Waals surface area (Å²) < 4.78 is 0. The maximum absolute atomic E-state index is 12.0. The van der Waals surface area contributed by atoms with Gasteiger partial charge in [-0.15, -0.1) is 0 Å². The minimum Gasteiger partial charge on any atom is -0.369 e. The number of fused-ring (bicyclic) bond motifs is 1. The number of likely N-dealkylation sites (tertiary alicyclic amines) is 1. The highest BCUT2D eigenvalue weighted by molar-refractivity contribution is 5.90. The lowest BCUT2D eigenvalue weighted by atomic mass is 10.0. The maximum atomic E-state index is 12.0. The molecule has 0 radical (unpaired) electrons. The van der Waals surface area contributed by atoms with Crippen LogP contribution in [0.15, 0.2) is 42.7 Å². The number of carbonyl (C=O) groups excluding carboxylic acids is 1. The zero-order valence-electron chi connectivity index (χ0n) is 15.0. The molecule has 3 heterocycles. The molecule has 3 aromatic rings. The van der Waals surface area contributed by atoms with E-state index in [0.29, 0.717) is 28.8 Å². The van der Waals surface area contributed by atoms with Crippen molar-refractivity contribution >= 4 is 16.9 Å². The van der Waals surface area contributed by atoms with E-state index in [1.807, 2.05) is 30.3 Å². The van der Waals surface area contributed by atoms with Gasteiger partial charge in [-0.05, 0) is 24.3 Å². The first-order valence-electron chi connectivity index (χ1n) is 8.63. The number of amides is 1. The fraction of sp³-hybridized carbons (Fsp3) is 0.190. The Hall–Kier alpha value is -3.81. The summed E-state index contributed by atoms with van der Waals surface area (Å²) in [7, 11) is 1.65. The molecule has 4 rings (SSSR count). The number of nitrogens with zero attached hydrogens (tertiary/aromatic N) is 5. The number of hydrogen-bond acceptors (Lipinski definition) is 6. The Balaban J connectivity index is 1.71. The Morgan fingerprint density at radius 3 is 2.86 bits per heavy atom. The Morgan fingerprint density at radius 1 is 1.25 bits per heavy atom. The molecule has 136 valence electrons. The van der Waals surface area contributed by atoms with E-state index in [1.54, 1.807) is 19.2 Å². The molecular formula is C21H15N5O2. The fourth-order valence-electron chi connectivity index (χ4n) is 3.08. The number of hydrogen-bond donors (Lipinski definition) is 1. The second kappa shape index (κ2) is 6.73. The summed E-state index contributed by atoms with van der Waals surface area (Å²) in [5.41, 5.74) is 1.71. The van der Waals surface area contributed by atoms with E-state index in [2.05, 4.69) is 26.8 Å². The third-order valence-electron chi connectivity index (χ3n) is 4.67. The minimum atomic E-state index is -1.63. The average Bonchev–Trinajstić information content (AvgIpc) is 2.99. The smallest absolute Gasteiger partial charge is 0.267 e. The molecule has 7 nitrogen and oxygen atoms in total. The molecule has 0 bridgehead atoms. The van der Waals surface area contributed by atoms with Crippen LogP contribution < -0.4 is 0 Å². The van der Waals surface area contributed by atoms with Crippen LogP contribution in [0.25, 0.3) is 22.3 Å². The van der Waals surface area contributed by atoms with Gasteiger partial charge in [-0.3, -0.25) is 4.79 Å². The topological polar surface area (TPSA) is 103 Å². The summed E-state index contributed by atoms with van der Waals surface area (Å²) in [5, 5.41) is 19.7. The molecule has 0 aliphatic carbocycles. The van der Waals surface area contributed by atoms with Crippen LogP contribution in [0, 0.1) is 23.2 Å². The first kappa shape index (κ1) is 17.6. The normalized spacial score (nSPS) is 18.6. The number of pyridine rings is 1. The van der Waals surface area contributed by atoms with Gasteiger partial charge >= 0.3 is 0 Å². The van der Waals surface area contributed by atoms with Crippen molar-refractivity contribution in [3.63, 3.8) is 0 Å². The largest absolute Gasteiger partial charge is 0.369 e. The van der Waals surface area contributed by atoms with Gasteiger partial charge in [0.25, 0.3) is 5.91 Å². The van der Waals surface area contributed by atoms with E-state index in [1.165, 1.54) is 11.2 Å². The molecule has 0 unspecified atom stereocenters. The van der Waals surface area contributed by atoms with Crippen LogP contribution in [0.5, 0.6) is 0 Å². The van der Waals surface area contributed by atoms with Crippen LogP contribution in [0.3, 0.4) is 0 Å². The van der Waals surface area contributed by atoms with Crippen LogP contribution in [0.2, 0.25) is 0 Å². The summed E-state index contributed by atoms with van der Waals surface area (Å²) in [6.07, 6.45) is 1.63. The molecule has 1 aliphatic rings. The van der Waals surface area contributed by atoms with Gasteiger partial charge in [-0.1, -0.05) is 24.0 Å². The van der Waals surface area contributed by atoms with Crippen LogP contribution in [0.4, 0.5) is 0 Å². The molecule has 0 spiro atoms. The van der Waals surface area contributed by atoms with Crippen LogP contribution >= 0.6 is 0 Å². The van der Waals surface area contributed by atoms with Gasteiger partial charge in [0.05, 0.1) is 11.2 Å². The molecular weight excluding hydrogens is 354 g/mol. The van der Waals surface area contributed by atoms with Crippen molar-refractivity contribution < 1.29 is 9.90 Å². The highest BCUT2D eigenvalue weighted by Gasteiger charge is 2.42. The third kappa shape index (κ3) is 3.05. The first-order chi connectivity index (χ1) is 13.5. The zero-order valence-corrected chi connectivity index (χ0v) is 15.0. The van der Waals surface area contributed by atoms with E-state index in [4.69, 9.17) is 0 Å². The minimum absolute atomic E-state index is 0.217. The van der Waals surface area contributed by atoms with Gasteiger partial charge in [0, 0.05) is 31.1 Å². The standard InChI is InChI=1S/C21H15N5O2/c1-26-10-9-21(28,20(26)27)8-7-14-3-2-4-15(11-14)16-5-6-17-19(25-16)18(12-22)24-13-23-17/h2-6,11,13,28H,9-10H2,1H3/t21-/m0/s1. The van der Waals surface area contributed by atoms with Gasteiger partial charge in [0.1, 0.15) is 17.9 Å². The zero-order chi connectivity index (χ0) is 19.7. The second-order valence-electron chi connectivity index (χ2n) is 6.57. The van der Waals surface area contributed by atoms with Crippen LogP contribution in [-0.2, 0) is 4.79 Å². The molecule has 0 saturated carbocycles. The lowest BCUT2D eigenvalue weighted by Crippen LogP contribution is -2.37. The Kier molecular flexibility index (Phi) is 4.23. The van der Waals surface area contributed by atoms with Crippen molar-refractivity contribution in [3.05, 3.63) is 54.0 Å². The van der Waals surface area contributed by atoms with Crippen molar-refractivity contribution in [3.8, 4) is 29.2 Å². The van der Waals surface area contributed by atoms with E-state index >= 15 is 0 Å². The summed E-state index contributed by atoms with van der Waals surface area (Å²) >= 11 is 0. The predicted molar refractivity (Wildman–Crippen MR) is 102 cm³/mol. The molecule has 1 aromatic carbocycles. The van der Waals surface area contributed by atoms with E-state index in [9.17, 15) is 15.2 Å². The van der Waals surface area contributed by atoms with E-state index < -0.39 is 5.60 Å². The van der Waals surface area contributed by atoms with Crippen molar-refractivity contribution in [2.75, 3.05) is 13.6 Å². The number of aliphatic hydroxyl groups is 1. The third-order valence-corrected chi connectivity index (χ3v) is 4.67. The van der Waals surface area contributed by atoms with Crippen molar-refractivity contribution in [1.82, 2.24) is 19.9 Å². The molecule has 7 heteroatoms. The predicted octanol–water partition coefficient (Wildman–Crippen LogP) is 1.51. The van der Waals surface area contributed by atoms with Gasteiger partial charge < -0.3 is 10.0 Å². The van der Waals surface area contributed by atoms with E-state index in [-0.39, 0.29) is 18.0 Å². The molecule has 1 saturated heterocycles. The lowest BCUT2D eigenvalue weighted by Gasteiger charge is -2.13. The molecule has 1 fully saturated rings. The molecule has 1 amide bonds. The van der Waals surface area contributed by atoms with Crippen molar-refractivity contribution in [2.24, 2.45) is 0 Å². The van der Waals surface area contributed by atoms with Crippen molar-refractivity contribution in [2.45, 2.75) is 12.0 Å². The molecule has 28 heavy (non-hydrogen) atoms. The van der Waals surface area contributed by atoms with Gasteiger partial charge in [-0.25, -0.2) is 15.0 Å². The molecule has 1 aliphatic heterocycles. The summed E-state index contributed by atoms with van der Waals surface area (Å²) in [5.74, 6) is 5.23. The summed E-state index contributed by atoms with van der Waals surface area (Å²) in [6, 6.07) is 12.9. The van der Waals surface area contributed by atoms with Crippen LogP contribution in [-0.4, -0.2) is 50.1 Å². The molecule has 1 N–H and O–H groups in total. The summed E-state index contributed by atoms with van der Waals surface area (Å²) in [6.45, 7) is 0.481. The monoisotopic (exact) mass is 369 g/mol. The Labute approximate surface area is 161 Å². The quantitative estimate of drug-likeness (QED) is 0.652. The summed E-state index contributed by atoms with van der Waals surface area (Å²) in [4.78, 5) is 26.1. The van der Waals surface area contributed by atoms with Gasteiger partial charge in [0.15, 0.2) is 5.69 Å². The maximum Gasteiger partial charge on any atom is 0.267 e. The first-order valence-corrected chi connectivity index (χ1v) is 8.63. The highest BCUT2D eigenvalue weighted by Crippen LogP contribution is 2.23. The number of rotatable bonds is 1. The lowest BCUT2D eigenvalue weighted by molar-refractivity contribution is -0.137. The number of nitriles is 1.